The molecule has 3 atom stereocenters. The van der Waals surface area contributed by atoms with Gasteiger partial charge in [0, 0.05) is 19.5 Å². The van der Waals surface area contributed by atoms with E-state index in [4.69, 9.17) is 4.74 Å². The van der Waals surface area contributed by atoms with Crippen molar-refractivity contribution in [1.82, 2.24) is 9.21 Å². The summed E-state index contributed by atoms with van der Waals surface area (Å²) in [5.41, 5.74) is 0.212. The highest BCUT2D eigenvalue weighted by Gasteiger charge is 2.35. The minimum atomic E-state index is -3.66. The Morgan fingerprint density at radius 1 is 1.30 bits per heavy atom. The minimum absolute atomic E-state index is 0.00217. The molecule has 0 saturated heterocycles. The first-order valence-electron chi connectivity index (χ1n) is 9.35. The van der Waals surface area contributed by atoms with Crippen LogP contribution in [0.2, 0.25) is 0 Å². The summed E-state index contributed by atoms with van der Waals surface area (Å²) in [5, 5.41) is 9.62. The number of aliphatic hydroxyl groups is 1. The smallest absolute Gasteiger partial charge is 0.258 e. The van der Waals surface area contributed by atoms with E-state index in [9.17, 15) is 26.7 Å². The zero-order chi connectivity index (χ0) is 22.9. The van der Waals surface area contributed by atoms with Crippen molar-refractivity contribution in [3.8, 4) is 5.75 Å². The molecule has 0 spiro atoms. The van der Waals surface area contributed by atoms with Crippen molar-refractivity contribution in [1.29, 1.82) is 0 Å². The van der Waals surface area contributed by atoms with Gasteiger partial charge in [-0.15, -0.1) is 0 Å². The number of fused-ring (bicyclic) bond motifs is 1. The van der Waals surface area contributed by atoms with Gasteiger partial charge in [0.25, 0.3) is 5.91 Å². The second-order valence-corrected chi connectivity index (χ2v) is 11.6. The SMILES string of the molecule is C[C@H](CO)N1C[C@H](C)[C@H](CN(C)S(C)(=O)=O)Oc2c(NS(C)(=O)=O)cccc2C1=O. The number of amides is 1. The third-order valence-electron chi connectivity index (χ3n) is 4.99. The van der Waals surface area contributed by atoms with Crippen LogP contribution >= 0.6 is 0 Å². The number of sulfonamides is 2. The number of benzene rings is 1. The first kappa shape index (κ1) is 24.4. The molecule has 1 heterocycles. The van der Waals surface area contributed by atoms with Crippen LogP contribution in [0.3, 0.4) is 0 Å². The first-order chi connectivity index (χ1) is 13.7. The van der Waals surface area contributed by atoms with Crippen molar-refractivity contribution in [3.63, 3.8) is 0 Å². The number of carbonyl (C=O) groups is 1. The van der Waals surface area contributed by atoms with E-state index in [1.54, 1.807) is 6.92 Å². The van der Waals surface area contributed by atoms with Crippen molar-refractivity contribution < 1.29 is 31.5 Å². The summed E-state index contributed by atoms with van der Waals surface area (Å²) in [7, 11) is -5.73. The molecule has 30 heavy (non-hydrogen) atoms. The van der Waals surface area contributed by atoms with Crippen molar-refractivity contribution in [2.45, 2.75) is 26.0 Å². The summed E-state index contributed by atoms with van der Waals surface area (Å²) in [6.07, 6.45) is 1.39. The molecule has 1 aromatic rings. The van der Waals surface area contributed by atoms with E-state index in [2.05, 4.69) is 4.72 Å². The van der Waals surface area contributed by atoms with E-state index >= 15 is 0 Å². The average molecular weight is 464 g/mol. The summed E-state index contributed by atoms with van der Waals surface area (Å²) in [6, 6.07) is 4.01. The maximum absolute atomic E-state index is 13.2. The van der Waals surface area contributed by atoms with Crippen LogP contribution in [-0.2, 0) is 20.0 Å². The molecule has 1 aliphatic rings. The molecule has 2 rings (SSSR count). The van der Waals surface area contributed by atoms with E-state index in [1.165, 1.54) is 30.1 Å². The van der Waals surface area contributed by atoms with Crippen molar-refractivity contribution >= 4 is 31.6 Å². The zero-order valence-corrected chi connectivity index (χ0v) is 19.3. The average Bonchev–Trinajstić information content (AvgIpc) is 2.62. The van der Waals surface area contributed by atoms with Gasteiger partial charge >= 0.3 is 0 Å². The molecule has 10 nitrogen and oxygen atoms in total. The van der Waals surface area contributed by atoms with Gasteiger partial charge in [-0.1, -0.05) is 13.0 Å². The van der Waals surface area contributed by atoms with Gasteiger partial charge in [0.05, 0.1) is 43.0 Å². The Bertz CT molecular complexity index is 995. The monoisotopic (exact) mass is 463 g/mol. The number of aliphatic hydroxyl groups excluding tert-OH is 1. The molecule has 0 fully saturated rings. The van der Waals surface area contributed by atoms with Crippen LogP contribution in [0.25, 0.3) is 0 Å². The maximum Gasteiger partial charge on any atom is 0.258 e. The highest BCUT2D eigenvalue weighted by molar-refractivity contribution is 7.92. The fraction of sp³-hybridized carbons (Fsp3) is 0.611. The number of hydrogen-bond acceptors (Lipinski definition) is 7. The normalized spacial score (nSPS) is 21.4. The van der Waals surface area contributed by atoms with Gasteiger partial charge in [-0.3, -0.25) is 9.52 Å². The van der Waals surface area contributed by atoms with E-state index in [0.717, 1.165) is 16.8 Å². The number of ether oxygens (including phenoxy) is 1. The van der Waals surface area contributed by atoms with E-state index in [1.807, 2.05) is 6.92 Å². The topological polar surface area (TPSA) is 133 Å². The minimum Gasteiger partial charge on any atom is -0.486 e. The number of likely N-dealkylation sites (N-methyl/N-ethyl adjacent to an activating group) is 1. The molecule has 1 aromatic carbocycles. The van der Waals surface area contributed by atoms with Gasteiger partial charge in [-0.05, 0) is 19.1 Å². The maximum atomic E-state index is 13.2. The molecule has 0 aromatic heterocycles. The lowest BCUT2D eigenvalue weighted by Gasteiger charge is -2.38. The standard InChI is InChI=1S/C18H29N3O7S2/c1-12-9-21(13(2)11-22)18(23)14-7-6-8-15(19-29(4,24)25)17(14)28-16(12)10-20(3)30(5,26)27/h6-8,12-13,16,19,22H,9-11H2,1-5H3/t12-,13+,16-/m0/s1. The molecule has 1 aliphatic heterocycles. The van der Waals surface area contributed by atoms with Gasteiger partial charge in [0.15, 0.2) is 5.75 Å². The number of nitrogens with zero attached hydrogens (tertiary/aromatic N) is 2. The fourth-order valence-corrected chi connectivity index (χ4v) is 4.11. The Morgan fingerprint density at radius 2 is 1.93 bits per heavy atom. The lowest BCUT2D eigenvalue weighted by atomic mass is 9.99. The van der Waals surface area contributed by atoms with Gasteiger partial charge in [0.2, 0.25) is 20.0 Å². The van der Waals surface area contributed by atoms with Gasteiger partial charge in [-0.25, -0.2) is 21.1 Å². The first-order valence-corrected chi connectivity index (χ1v) is 13.1. The van der Waals surface area contributed by atoms with E-state index in [-0.39, 0.29) is 42.6 Å². The Morgan fingerprint density at radius 3 is 2.47 bits per heavy atom. The quantitative estimate of drug-likeness (QED) is 0.589. The molecule has 1 amide bonds. The lowest BCUT2D eigenvalue weighted by molar-refractivity contribution is 0.0389. The second-order valence-electron chi connectivity index (χ2n) is 7.72. The Balaban J connectivity index is 2.61. The molecule has 0 bridgehead atoms. The van der Waals surface area contributed by atoms with Crippen LogP contribution < -0.4 is 9.46 Å². The number of carbonyl (C=O) groups excluding carboxylic acids is 1. The number of hydrogen-bond donors (Lipinski definition) is 2. The van der Waals surface area contributed by atoms with Crippen LogP contribution in [0.5, 0.6) is 5.75 Å². The fourth-order valence-electron chi connectivity index (χ4n) is 3.13. The summed E-state index contributed by atoms with van der Waals surface area (Å²) < 4.78 is 57.0. The van der Waals surface area contributed by atoms with Crippen LogP contribution in [0.1, 0.15) is 24.2 Å². The Labute approximate surface area is 177 Å². The van der Waals surface area contributed by atoms with E-state index in [0.29, 0.717) is 0 Å². The van der Waals surface area contributed by atoms with Gasteiger partial charge in [-0.2, -0.15) is 0 Å². The number of rotatable bonds is 7. The number of para-hydroxylation sites is 1. The molecule has 0 aliphatic carbocycles. The van der Waals surface area contributed by atoms with E-state index < -0.39 is 38.1 Å². The van der Waals surface area contributed by atoms with Crippen molar-refractivity contribution in [2.75, 3.05) is 44.0 Å². The molecule has 2 N–H and O–H groups in total. The highest BCUT2D eigenvalue weighted by atomic mass is 32.2. The van der Waals surface area contributed by atoms with Gasteiger partial charge < -0.3 is 14.7 Å². The summed E-state index contributed by atoms with van der Waals surface area (Å²) >= 11 is 0. The van der Waals surface area contributed by atoms with Crippen molar-refractivity contribution in [3.05, 3.63) is 23.8 Å². The summed E-state index contributed by atoms with van der Waals surface area (Å²) in [6.45, 7) is 3.48. The van der Waals surface area contributed by atoms with Crippen LogP contribution in [0.15, 0.2) is 18.2 Å². The Kier molecular flexibility index (Phi) is 7.38. The highest BCUT2D eigenvalue weighted by Crippen LogP contribution is 2.35. The predicted octanol–water partition coefficient (Wildman–Crippen LogP) is 0.170. The van der Waals surface area contributed by atoms with Crippen LogP contribution in [-0.4, -0.2) is 88.5 Å². The molecular weight excluding hydrogens is 434 g/mol. The predicted molar refractivity (Wildman–Crippen MR) is 114 cm³/mol. The number of nitrogens with one attached hydrogen (secondary N) is 1. The van der Waals surface area contributed by atoms with Gasteiger partial charge in [0.1, 0.15) is 6.10 Å². The lowest BCUT2D eigenvalue weighted by Crippen LogP contribution is -2.50. The van der Waals surface area contributed by atoms with Crippen LogP contribution in [0, 0.1) is 5.92 Å². The summed E-state index contributed by atoms with van der Waals surface area (Å²) in [5.74, 6) is -0.696. The molecule has 12 heteroatoms. The largest absolute Gasteiger partial charge is 0.486 e. The second kappa shape index (κ2) is 9.08. The molecule has 170 valence electrons. The number of anilines is 1. The Hall–Kier alpha value is -1.89. The van der Waals surface area contributed by atoms with Crippen LogP contribution in [0.4, 0.5) is 5.69 Å². The molecule has 0 saturated carbocycles. The third kappa shape index (κ3) is 5.84. The zero-order valence-electron chi connectivity index (χ0n) is 17.7. The molecular formula is C18H29N3O7S2. The van der Waals surface area contributed by atoms with Crippen molar-refractivity contribution in [2.24, 2.45) is 5.92 Å². The molecule has 0 unspecified atom stereocenters. The molecule has 0 radical (unpaired) electrons. The third-order valence-corrected chi connectivity index (χ3v) is 6.86. The summed E-state index contributed by atoms with van der Waals surface area (Å²) in [4.78, 5) is 14.7.